The van der Waals surface area contributed by atoms with E-state index >= 15 is 0 Å². The van der Waals surface area contributed by atoms with Crippen molar-refractivity contribution < 1.29 is 19.3 Å². The van der Waals surface area contributed by atoms with Gasteiger partial charge < -0.3 is 14.9 Å². The van der Waals surface area contributed by atoms with E-state index in [1.165, 1.54) is 12.1 Å². The Morgan fingerprint density at radius 1 is 1.48 bits per heavy atom. The van der Waals surface area contributed by atoms with E-state index in [1.807, 2.05) is 6.92 Å². The zero-order chi connectivity index (χ0) is 17.1. The highest BCUT2D eigenvalue weighted by atomic mass is 16.6. The molecular formula is C15H17N3O5. The summed E-state index contributed by atoms with van der Waals surface area (Å²) in [6, 6.07) is 3.02. The molecule has 0 aliphatic heterocycles. The van der Waals surface area contributed by atoms with E-state index in [1.54, 1.807) is 13.8 Å². The lowest BCUT2D eigenvalue weighted by Crippen LogP contribution is -2.28. The number of carbonyl (C=O) groups excluding carboxylic acids is 1. The number of non-ortho nitro benzene ring substituents is 1. The second-order valence-electron chi connectivity index (χ2n) is 5.13. The van der Waals surface area contributed by atoms with Gasteiger partial charge in [-0.3, -0.25) is 14.9 Å². The number of nitro benzene ring substituents is 1. The normalized spacial score (nSPS) is 12.0. The monoisotopic (exact) mass is 319 g/mol. The van der Waals surface area contributed by atoms with Gasteiger partial charge in [0.05, 0.1) is 28.3 Å². The van der Waals surface area contributed by atoms with E-state index in [9.17, 15) is 20.0 Å². The summed E-state index contributed by atoms with van der Waals surface area (Å²) in [5, 5.41) is 27.2. The predicted molar refractivity (Wildman–Crippen MR) is 81.2 cm³/mol. The molecule has 0 bridgehead atoms. The van der Waals surface area contributed by atoms with Gasteiger partial charge in [0.15, 0.2) is 0 Å². The summed E-state index contributed by atoms with van der Waals surface area (Å²) in [6.45, 7) is 5.43. The van der Waals surface area contributed by atoms with Crippen LogP contribution < -0.4 is 5.32 Å². The number of aromatic hydroxyl groups is 1. The maximum Gasteiger partial charge on any atom is 0.273 e. The number of hydrogen-bond donors (Lipinski definition) is 2. The number of phenolic OH excluding ortho intramolecular Hbond substituents is 1. The minimum atomic E-state index is -0.639. The molecule has 0 saturated carbocycles. The van der Waals surface area contributed by atoms with Gasteiger partial charge in [-0.25, -0.2) is 0 Å². The molecule has 0 spiro atoms. The molecule has 2 rings (SSSR count). The lowest BCUT2D eigenvalue weighted by molar-refractivity contribution is -0.384. The highest BCUT2D eigenvalue weighted by molar-refractivity contribution is 5.97. The molecule has 1 heterocycles. The summed E-state index contributed by atoms with van der Waals surface area (Å²) in [5.41, 5.74) is 1.17. The maximum atomic E-state index is 12.3. The lowest BCUT2D eigenvalue weighted by atomic mass is 10.0. The van der Waals surface area contributed by atoms with Gasteiger partial charge in [0.1, 0.15) is 11.5 Å². The molecule has 122 valence electrons. The highest BCUT2D eigenvalue weighted by Crippen LogP contribution is 2.27. The Hall–Kier alpha value is -2.90. The molecule has 1 aromatic heterocycles. The molecule has 0 fully saturated rings. The molecule has 8 heteroatoms. The lowest BCUT2D eigenvalue weighted by Gasteiger charge is -2.17. The van der Waals surface area contributed by atoms with Crippen molar-refractivity contribution in [2.45, 2.75) is 33.2 Å². The summed E-state index contributed by atoms with van der Waals surface area (Å²) in [7, 11) is 0. The van der Waals surface area contributed by atoms with E-state index in [2.05, 4.69) is 10.5 Å². The Morgan fingerprint density at radius 2 is 2.17 bits per heavy atom. The van der Waals surface area contributed by atoms with Gasteiger partial charge >= 0.3 is 0 Å². The van der Waals surface area contributed by atoms with E-state index < -0.39 is 16.6 Å². The first kappa shape index (κ1) is 16.5. The summed E-state index contributed by atoms with van der Waals surface area (Å²) in [6.07, 6.45) is 0.600. The topological polar surface area (TPSA) is 118 Å². The first-order valence-electron chi connectivity index (χ1n) is 7.06. The summed E-state index contributed by atoms with van der Waals surface area (Å²) in [4.78, 5) is 22.4. The molecule has 0 aliphatic rings. The van der Waals surface area contributed by atoms with Crippen molar-refractivity contribution >= 4 is 11.6 Å². The Balaban J connectivity index is 2.25. The first-order valence-corrected chi connectivity index (χ1v) is 7.06. The van der Waals surface area contributed by atoms with Gasteiger partial charge in [-0.05, 0) is 26.3 Å². The van der Waals surface area contributed by atoms with E-state index in [-0.39, 0.29) is 17.3 Å². The van der Waals surface area contributed by atoms with Gasteiger partial charge in [0.2, 0.25) is 0 Å². The quantitative estimate of drug-likeness (QED) is 0.646. The third-order valence-electron chi connectivity index (χ3n) is 3.59. The van der Waals surface area contributed by atoms with E-state index in [4.69, 9.17) is 4.52 Å². The second kappa shape index (κ2) is 6.47. The average molecular weight is 319 g/mol. The summed E-state index contributed by atoms with van der Waals surface area (Å²) < 4.78 is 5.11. The van der Waals surface area contributed by atoms with E-state index in [0.29, 0.717) is 17.9 Å². The molecular weight excluding hydrogens is 302 g/mol. The highest BCUT2D eigenvalue weighted by Gasteiger charge is 2.23. The SMILES string of the molecule is CCC(NC(=O)c1ccc([N+](=O)[O-])cc1O)c1c(C)noc1C. The number of nitrogens with zero attached hydrogens (tertiary/aromatic N) is 2. The van der Waals surface area contributed by atoms with Crippen LogP contribution in [0.4, 0.5) is 5.69 Å². The van der Waals surface area contributed by atoms with Gasteiger partial charge in [-0.15, -0.1) is 0 Å². The molecule has 0 saturated heterocycles. The number of nitro groups is 1. The van der Waals surface area contributed by atoms with Crippen LogP contribution in [0.3, 0.4) is 0 Å². The van der Waals surface area contributed by atoms with Crippen LogP contribution in [0, 0.1) is 24.0 Å². The van der Waals surface area contributed by atoms with E-state index in [0.717, 1.165) is 11.6 Å². The molecule has 1 unspecified atom stereocenters. The van der Waals surface area contributed by atoms with Gasteiger partial charge in [-0.2, -0.15) is 0 Å². The fraction of sp³-hybridized carbons (Fsp3) is 0.333. The zero-order valence-corrected chi connectivity index (χ0v) is 13.0. The van der Waals surface area contributed by atoms with Crippen LogP contribution >= 0.6 is 0 Å². The van der Waals surface area contributed by atoms with Crippen LogP contribution in [0.1, 0.15) is 46.8 Å². The Labute approximate surface area is 132 Å². The molecule has 2 aromatic rings. The summed E-state index contributed by atoms with van der Waals surface area (Å²) >= 11 is 0. The minimum Gasteiger partial charge on any atom is -0.507 e. The minimum absolute atomic E-state index is 0.0270. The van der Waals surface area contributed by atoms with Crippen molar-refractivity contribution in [3.05, 3.63) is 50.9 Å². The standard InChI is InChI=1S/C15H17N3O5/c1-4-12(14-8(2)17-23-9(14)3)16-15(20)11-6-5-10(18(21)22)7-13(11)19/h5-7,12,19H,4H2,1-3H3,(H,16,20). The zero-order valence-electron chi connectivity index (χ0n) is 13.0. The largest absolute Gasteiger partial charge is 0.507 e. The fourth-order valence-corrected chi connectivity index (χ4v) is 2.43. The predicted octanol–water partition coefficient (Wildman–Crippen LogP) is 2.79. The van der Waals surface area contributed by atoms with Crippen LogP contribution in [0.2, 0.25) is 0 Å². The number of hydrogen-bond acceptors (Lipinski definition) is 6. The van der Waals surface area contributed by atoms with Crippen LogP contribution in [0.25, 0.3) is 0 Å². The van der Waals surface area contributed by atoms with Crippen molar-refractivity contribution in [2.75, 3.05) is 0 Å². The number of phenols is 1. The third kappa shape index (κ3) is 3.31. The molecule has 1 atom stereocenters. The molecule has 8 nitrogen and oxygen atoms in total. The van der Waals surface area contributed by atoms with Crippen molar-refractivity contribution in [3.63, 3.8) is 0 Å². The Morgan fingerprint density at radius 3 is 2.65 bits per heavy atom. The van der Waals surface area contributed by atoms with Crippen LogP contribution in [0.15, 0.2) is 22.7 Å². The molecule has 1 aromatic carbocycles. The molecule has 2 N–H and O–H groups in total. The number of aryl methyl sites for hydroxylation is 2. The average Bonchev–Trinajstić information content (AvgIpc) is 2.83. The second-order valence-corrected chi connectivity index (χ2v) is 5.13. The molecule has 0 radical (unpaired) electrons. The van der Waals surface area contributed by atoms with Gasteiger partial charge in [0.25, 0.3) is 11.6 Å². The molecule has 0 aliphatic carbocycles. The molecule has 23 heavy (non-hydrogen) atoms. The van der Waals surface area contributed by atoms with Gasteiger partial charge in [0, 0.05) is 11.6 Å². The van der Waals surface area contributed by atoms with Crippen molar-refractivity contribution in [3.8, 4) is 5.75 Å². The number of aromatic nitrogens is 1. The fourth-order valence-electron chi connectivity index (χ4n) is 2.43. The van der Waals surface area contributed by atoms with Crippen molar-refractivity contribution in [1.82, 2.24) is 10.5 Å². The van der Waals surface area contributed by atoms with Crippen molar-refractivity contribution in [2.24, 2.45) is 0 Å². The Bertz CT molecular complexity index is 734. The van der Waals surface area contributed by atoms with Crippen LogP contribution in [-0.4, -0.2) is 21.1 Å². The smallest absolute Gasteiger partial charge is 0.273 e. The first-order chi connectivity index (χ1) is 10.8. The van der Waals surface area contributed by atoms with Crippen LogP contribution in [-0.2, 0) is 0 Å². The number of amides is 1. The Kier molecular flexibility index (Phi) is 4.63. The summed E-state index contributed by atoms with van der Waals surface area (Å²) in [5.74, 6) is -0.350. The number of carbonyl (C=O) groups is 1. The van der Waals surface area contributed by atoms with Crippen LogP contribution in [0.5, 0.6) is 5.75 Å². The number of nitrogens with one attached hydrogen (secondary N) is 1. The van der Waals surface area contributed by atoms with Gasteiger partial charge in [-0.1, -0.05) is 12.1 Å². The maximum absolute atomic E-state index is 12.3. The third-order valence-corrected chi connectivity index (χ3v) is 3.59. The number of rotatable bonds is 5. The molecule has 1 amide bonds. The van der Waals surface area contributed by atoms with Crippen molar-refractivity contribution in [1.29, 1.82) is 0 Å². The number of benzene rings is 1.